The van der Waals surface area contributed by atoms with Crippen LogP contribution in [0.1, 0.15) is 11.1 Å². The Morgan fingerprint density at radius 2 is 1.55 bits per heavy atom. The number of nitrogens with zero attached hydrogens (tertiary/aromatic N) is 2. The Balaban J connectivity index is 2.05. The molecular weight excluding hydrogens is 278 g/mol. The smallest absolute Gasteiger partial charge is 0.229 e. The van der Waals surface area contributed by atoms with Gasteiger partial charge in [0, 0.05) is 12.4 Å². The molecular formula is C14H16ClN3O2. The maximum Gasteiger partial charge on any atom is 0.229 e. The van der Waals surface area contributed by atoms with Crippen LogP contribution in [0, 0.1) is 0 Å². The topological polar surface area (TPSA) is 56.3 Å². The number of alkyl halides is 1. The van der Waals surface area contributed by atoms with E-state index in [2.05, 4.69) is 15.3 Å². The zero-order chi connectivity index (χ0) is 14.4. The van der Waals surface area contributed by atoms with Crippen molar-refractivity contribution in [3.63, 3.8) is 0 Å². The van der Waals surface area contributed by atoms with Crippen molar-refractivity contribution < 1.29 is 9.47 Å². The first kappa shape index (κ1) is 14.4. The lowest BCUT2D eigenvalue weighted by Crippen LogP contribution is -2.05. The second kappa shape index (κ2) is 6.96. The van der Waals surface area contributed by atoms with Gasteiger partial charge in [0.2, 0.25) is 17.7 Å². The van der Waals surface area contributed by atoms with Crippen molar-refractivity contribution in [2.24, 2.45) is 0 Å². The van der Waals surface area contributed by atoms with Crippen LogP contribution in [-0.2, 0) is 12.4 Å². The fraction of sp³-hybridized carbons (Fsp3) is 0.286. The Hall–Kier alpha value is -2.01. The molecule has 0 radical (unpaired) electrons. The highest BCUT2D eigenvalue weighted by molar-refractivity contribution is 6.17. The van der Waals surface area contributed by atoms with Gasteiger partial charge in [-0.05, 0) is 11.1 Å². The van der Waals surface area contributed by atoms with Gasteiger partial charge in [-0.15, -0.1) is 11.6 Å². The molecule has 0 fully saturated rings. The van der Waals surface area contributed by atoms with Gasteiger partial charge >= 0.3 is 0 Å². The van der Waals surface area contributed by atoms with E-state index >= 15 is 0 Å². The SMILES string of the molecule is COc1cc(OC)nc(NCc2ccc(CCl)cc2)n1. The first-order valence-electron chi connectivity index (χ1n) is 6.10. The maximum absolute atomic E-state index is 5.76. The van der Waals surface area contributed by atoms with Crippen LogP contribution in [0.4, 0.5) is 5.95 Å². The molecule has 1 heterocycles. The highest BCUT2D eigenvalue weighted by atomic mass is 35.5. The molecule has 106 valence electrons. The van der Waals surface area contributed by atoms with E-state index < -0.39 is 0 Å². The number of rotatable bonds is 6. The summed E-state index contributed by atoms with van der Waals surface area (Å²) in [5.41, 5.74) is 2.21. The van der Waals surface area contributed by atoms with Crippen molar-refractivity contribution >= 4 is 17.5 Å². The monoisotopic (exact) mass is 293 g/mol. The summed E-state index contributed by atoms with van der Waals surface area (Å²) >= 11 is 5.76. The summed E-state index contributed by atoms with van der Waals surface area (Å²) < 4.78 is 10.2. The average Bonchev–Trinajstić information content (AvgIpc) is 2.53. The second-order valence-electron chi connectivity index (χ2n) is 4.08. The van der Waals surface area contributed by atoms with Gasteiger partial charge in [0.15, 0.2) is 0 Å². The number of methoxy groups -OCH3 is 2. The highest BCUT2D eigenvalue weighted by Crippen LogP contribution is 2.17. The lowest BCUT2D eigenvalue weighted by atomic mass is 10.1. The lowest BCUT2D eigenvalue weighted by molar-refractivity contribution is 0.373. The molecule has 6 heteroatoms. The van der Waals surface area contributed by atoms with Gasteiger partial charge < -0.3 is 14.8 Å². The summed E-state index contributed by atoms with van der Waals surface area (Å²) in [6.07, 6.45) is 0. The number of hydrogen-bond donors (Lipinski definition) is 1. The van der Waals surface area contributed by atoms with Crippen molar-refractivity contribution in [1.29, 1.82) is 0 Å². The van der Waals surface area contributed by atoms with Crippen molar-refractivity contribution in [3.8, 4) is 11.8 Å². The molecule has 1 aromatic heterocycles. The van der Waals surface area contributed by atoms with Gasteiger partial charge in [-0.2, -0.15) is 9.97 Å². The molecule has 0 aliphatic heterocycles. The zero-order valence-electron chi connectivity index (χ0n) is 11.4. The molecule has 0 spiro atoms. The number of nitrogens with one attached hydrogen (secondary N) is 1. The fourth-order valence-corrected chi connectivity index (χ4v) is 1.80. The molecule has 1 N–H and O–H groups in total. The molecule has 2 aromatic rings. The van der Waals surface area contributed by atoms with Gasteiger partial charge in [-0.3, -0.25) is 0 Å². The normalized spacial score (nSPS) is 10.2. The van der Waals surface area contributed by atoms with Gasteiger partial charge in [0.25, 0.3) is 0 Å². The Morgan fingerprint density at radius 3 is 2.05 bits per heavy atom. The molecule has 0 saturated heterocycles. The Kier molecular flexibility index (Phi) is 5.01. The predicted octanol–water partition coefficient (Wildman–Crippen LogP) is 2.84. The van der Waals surface area contributed by atoms with Gasteiger partial charge in [0.1, 0.15) is 0 Å². The molecule has 0 amide bonds. The van der Waals surface area contributed by atoms with Gasteiger partial charge in [-0.1, -0.05) is 24.3 Å². The average molecular weight is 294 g/mol. The van der Waals surface area contributed by atoms with Crippen molar-refractivity contribution in [3.05, 3.63) is 41.5 Å². The highest BCUT2D eigenvalue weighted by Gasteiger charge is 2.05. The summed E-state index contributed by atoms with van der Waals surface area (Å²) in [5, 5.41) is 3.13. The van der Waals surface area contributed by atoms with Crippen molar-refractivity contribution in [2.75, 3.05) is 19.5 Å². The van der Waals surface area contributed by atoms with E-state index in [-0.39, 0.29) is 0 Å². The number of ether oxygens (including phenoxy) is 2. The zero-order valence-corrected chi connectivity index (χ0v) is 12.1. The van der Waals surface area contributed by atoms with Crippen molar-refractivity contribution in [2.45, 2.75) is 12.4 Å². The minimum Gasteiger partial charge on any atom is -0.481 e. The summed E-state index contributed by atoms with van der Waals surface area (Å²) in [5.74, 6) is 1.89. The maximum atomic E-state index is 5.76. The van der Waals surface area contributed by atoms with E-state index in [1.807, 2.05) is 24.3 Å². The lowest BCUT2D eigenvalue weighted by Gasteiger charge is -2.08. The minimum atomic E-state index is 0.455. The predicted molar refractivity (Wildman–Crippen MR) is 78.5 cm³/mol. The third kappa shape index (κ3) is 3.74. The molecule has 0 aliphatic carbocycles. The number of anilines is 1. The molecule has 20 heavy (non-hydrogen) atoms. The van der Waals surface area contributed by atoms with Crippen molar-refractivity contribution in [1.82, 2.24) is 9.97 Å². The van der Waals surface area contributed by atoms with Crippen LogP contribution in [0.2, 0.25) is 0 Å². The number of aromatic nitrogens is 2. The largest absolute Gasteiger partial charge is 0.481 e. The molecule has 0 saturated carbocycles. The number of benzene rings is 1. The fourth-order valence-electron chi connectivity index (χ4n) is 1.62. The standard InChI is InChI=1S/C14H16ClN3O2/c1-19-12-7-13(20-2)18-14(17-12)16-9-11-5-3-10(8-15)4-6-11/h3-7H,8-9H2,1-2H3,(H,16,17,18). The first-order chi connectivity index (χ1) is 9.75. The van der Waals surface area contributed by atoms with Crippen LogP contribution in [0.25, 0.3) is 0 Å². The van der Waals surface area contributed by atoms with E-state index in [1.165, 1.54) is 0 Å². The molecule has 1 aromatic carbocycles. The van der Waals surface area contributed by atoms with Gasteiger partial charge in [-0.25, -0.2) is 0 Å². The summed E-state index contributed by atoms with van der Waals surface area (Å²) in [6, 6.07) is 9.65. The molecule has 0 bridgehead atoms. The van der Waals surface area contributed by atoms with E-state index in [1.54, 1.807) is 20.3 Å². The minimum absolute atomic E-state index is 0.455. The number of hydrogen-bond acceptors (Lipinski definition) is 5. The van der Waals surface area contributed by atoms with Gasteiger partial charge in [0.05, 0.1) is 20.3 Å². The molecule has 0 aliphatic rings. The first-order valence-corrected chi connectivity index (χ1v) is 6.63. The van der Waals surface area contributed by atoms with Crippen LogP contribution in [-0.4, -0.2) is 24.2 Å². The van der Waals surface area contributed by atoms with Crippen LogP contribution in [0.5, 0.6) is 11.8 Å². The molecule has 0 atom stereocenters. The second-order valence-corrected chi connectivity index (χ2v) is 4.35. The van der Waals surface area contributed by atoms with Crippen LogP contribution in [0.15, 0.2) is 30.3 Å². The molecule has 5 nitrogen and oxygen atoms in total. The van der Waals surface area contributed by atoms with E-state index in [0.29, 0.717) is 30.1 Å². The Labute approximate surface area is 122 Å². The Morgan fingerprint density at radius 1 is 1.00 bits per heavy atom. The summed E-state index contributed by atoms with van der Waals surface area (Å²) in [7, 11) is 3.10. The third-order valence-corrected chi connectivity index (χ3v) is 3.03. The van der Waals surface area contributed by atoms with E-state index in [4.69, 9.17) is 21.1 Å². The van der Waals surface area contributed by atoms with Crippen LogP contribution >= 0.6 is 11.6 Å². The molecule has 2 rings (SSSR count). The molecule has 0 unspecified atom stereocenters. The van der Waals surface area contributed by atoms with E-state index in [9.17, 15) is 0 Å². The quantitative estimate of drug-likeness (QED) is 0.830. The third-order valence-electron chi connectivity index (χ3n) is 2.73. The van der Waals surface area contributed by atoms with Crippen LogP contribution < -0.4 is 14.8 Å². The van der Waals surface area contributed by atoms with Crippen LogP contribution in [0.3, 0.4) is 0 Å². The number of halogens is 1. The summed E-state index contributed by atoms with van der Waals surface area (Å²) in [4.78, 5) is 8.41. The van der Waals surface area contributed by atoms with E-state index in [0.717, 1.165) is 11.1 Å². The summed E-state index contributed by atoms with van der Waals surface area (Å²) in [6.45, 7) is 0.610. The Bertz CT molecular complexity index is 539.